The van der Waals surface area contributed by atoms with E-state index in [1.54, 1.807) is 0 Å². The van der Waals surface area contributed by atoms with Gasteiger partial charge in [-0.2, -0.15) is 0 Å². The standard InChI is InChI=1S/C17H34N2O/c1-16(2,3)14-6-9-19(10-7-14)13-17(4,5)15-12-20-11-8-18-15/h14-15,18H,6-13H2,1-5H3. The van der Waals surface area contributed by atoms with E-state index in [1.807, 2.05) is 0 Å². The van der Waals surface area contributed by atoms with Crippen molar-refractivity contribution in [3.8, 4) is 0 Å². The summed E-state index contributed by atoms with van der Waals surface area (Å²) in [5.41, 5.74) is 0.759. The molecule has 2 rings (SSSR count). The molecule has 2 aliphatic heterocycles. The Morgan fingerprint density at radius 2 is 1.75 bits per heavy atom. The van der Waals surface area contributed by atoms with Crippen molar-refractivity contribution in [2.75, 3.05) is 39.4 Å². The molecule has 118 valence electrons. The Morgan fingerprint density at radius 1 is 1.10 bits per heavy atom. The molecule has 0 amide bonds. The van der Waals surface area contributed by atoms with Crippen LogP contribution in [-0.2, 0) is 4.74 Å². The second kappa shape index (κ2) is 6.33. The third-order valence-corrected chi connectivity index (χ3v) is 5.31. The third-order valence-electron chi connectivity index (χ3n) is 5.31. The minimum Gasteiger partial charge on any atom is -0.378 e. The van der Waals surface area contributed by atoms with Crippen LogP contribution >= 0.6 is 0 Å². The number of rotatable bonds is 3. The zero-order chi connectivity index (χ0) is 14.8. The van der Waals surface area contributed by atoms with Gasteiger partial charge < -0.3 is 15.0 Å². The fourth-order valence-corrected chi connectivity index (χ4v) is 3.71. The minimum absolute atomic E-state index is 0.287. The Labute approximate surface area is 125 Å². The van der Waals surface area contributed by atoms with Gasteiger partial charge in [0.2, 0.25) is 0 Å². The summed E-state index contributed by atoms with van der Waals surface area (Å²) in [6, 6.07) is 0.497. The molecule has 3 nitrogen and oxygen atoms in total. The molecule has 2 aliphatic rings. The van der Waals surface area contributed by atoms with Crippen LogP contribution in [0.1, 0.15) is 47.5 Å². The molecule has 0 spiro atoms. The summed E-state index contributed by atoms with van der Waals surface area (Å²) >= 11 is 0. The Kier molecular flexibility index (Phi) is 5.14. The first-order valence-corrected chi connectivity index (χ1v) is 8.32. The Balaban J connectivity index is 1.82. The predicted octanol–water partition coefficient (Wildman–Crippen LogP) is 2.76. The molecule has 0 aromatic carbocycles. The molecular formula is C17H34N2O. The summed E-state index contributed by atoms with van der Waals surface area (Å²) < 4.78 is 5.64. The molecule has 0 aliphatic carbocycles. The third kappa shape index (κ3) is 4.19. The number of hydrogen-bond acceptors (Lipinski definition) is 3. The van der Waals surface area contributed by atoms with Crippen LogP contribution in [0.25, 0.3) is 0 Å². The van der Waals surface area contributed by atoms with E-state index in [9.17, 15) is 0 Å². The summed E-state index contributed by atoms with van der Waals surface area (Å²) in [4.78, 5) is 2.67. The normalized spacial score (nSPS) is 27.8. The number of nitrogens with zero attached hydrogens (tertiary/aromatic N) is 1. The SMILES string of the molecule is CC(C)(C)C1CCN(CC(C)(C)C2COCCN2)CC1. The summed E-state index contributed by atoms with van der Waals surface area (Å²) in [6.07, 6.45) is 2.71. The van der Waals surface area contributed by atoms with Crippen molar-refractivity contribution in [2.24, 2.45) is 16.7 Å². The van der Waals surface area contributed by atoms with E-state index in [4.69, 9.17) is 4.74 Å². The van der Waals surface area contributed by atoms with E-state index in [1.165, 1.54) is 32.5 Å². The average molecular weight is 282 g/mol. The summed E-state index contributed by atoms with van der Waals surface area (Å²) in [5, 5.41) is 3.63. The van der Waals surface area contributed by atoms with Crippen LogP contribution in [0.5, 0.6) is 0 Å². The highest BCUT2D eigenvalue weighted by atomic mass is 16.5. The molecule has 2 saturated heterocycles. The van der Waals surface area contributed by atoms with Crippen LogP contribution in [-0.4, -0.2) is 50.3 Å². The van der Waals surface area contributed by atoms with Gasteiger partial charge in [-0.15, -0.1) is 0 Å². The Hall–Kier alpha value is -0.120. The van der Waals surface area contributed by atoms with Crippen molar-refractivity contribution in [1.29, 1.82) is 0 Å². The van der Waals surface area contributed by atoms with E-state index in [2.05, 4.69) is 44.8 Å². The number of likely N-dealkylation sites (tertiary alicyclic amines) is 1. The molecule has 1 N–H and O–H groups in total. The number of morpholine rings is 1. The molecule has 1 atom stereocenters. The lowest BCUT2D eigenvalue weighted by atomic mass is 9.74. The summed E-state index contributed by atoms with van der Waals surface area (Å²) in [6.45, 7) is 18.4. The lowest BCUT2D eigenvalue weighted by molar-refractivity contribution is 0.0101. The van der Waals surface area contributed by atoms with Crippen molar-refractivity contribution in [3.05, 3.63) is 0 Å². The topological polar surface area (TPSA) is 24.5 Å². The van der Waals surface area contributed by atoms with E-state index in [0.29, 0.717) is 11.5 Å². The highest BCUT2D eigenvalue weighted by Gasteiger charge is 2.35. The number of ether oxygens (including phenoxy) is 1. The predicted molar refractivity (Wildman–Crippen MR) is 85.0 cm³/mol. The molecule has 2 heterocycles. The molecule has 3 heteroatoms. The van der Waals surface area contributed by atoms with Crippen LogP contribution in [0.2, 0.25) is 0 Å². The summed E-state index contributed by atoms with van der Waals surface area (Å²) in [5.74, 6) is 0.887. The molecule has 0 aromatic rings. The lowest BCUT2D eigenvalue weighted by Gasteiger charge is -2.44. The van der Waals surface area contributed by atoms with Gasteiger partial charge in [-0.25, -0.2) is 0 Å². The molecule has 2 fully saturated rings. The highest BCUT2D eigenvalue weighted by molar-refractivity contribution is 4.90. The van der Waals surface area contributed by atoms with Crippen molar-refractivity contribution in [2.45, 2.75) is 53.5 Å². The smallest absolute Gasteiger partial charge is 0.0625 e. The van der Waals surface area contributed by atoms with Gasteiger partial charge in [0.05, 0.1) is 13.2 Å². The second-order valence-electron chi connectivity index (χ2n) is 8.49. The lowest BCUT2D eigenvalue weighted by Crippen LogP contribution is -2.55. The van der Waals surface area contributed by atoms with Crippen molar-refractivity contribution < 1.29 is 4.74 Å². The molecular weight excluding hydrogens is 248 g/mol. The van der Waals surface area contributed by atoms with Gasteiger partial charge in [-0.1, -0.05) is 34.6 Å². The fourth-order valence-electron chi connectivity index (χ4n) is 3.71. The number of nitrogens with one attached hydrogen (secondary N) is 1. The maximum Gasteiger partial charge on any atom is 0.0625 e. The van der Waals surface area contributed by atoms with Gasteiger partial charge in [0.15, 0.2) is 0 Å². The van der Waals surface area contributed by atoms with Crippen molar-refractivity contribution >= 4 is 0 Å². The van der Waals surface area contributed by atoms with Crippen molar-refractivity contribution in [3.63, 3.8) is 0 Å². The van der Waals surface area contributed by atoms with Gasteiger partial charge >= 0.3 is 0 Å². The van der Waals surface area contributed by atoms with Crippen LogP contribution in [0.15, 0.2) is 0 Å². The largest absolute Gasteiger partial charge is 0.378 e. The quantitative estimate of drug-likeness (QED) is 0.861. The van der Waals surface area contributed by atoms with Crippen LogP contribution in [0, 0.1) is 16.7 Å². The zero-order valence-electron chi connectivity index (χ0n) is 14.2. The highest BCUT2D eigenvalue weighted by Crippen LogP contribution is 2.35. The number of piperidine rings is 1. The van der Waals surface area contributed by atoms with E-state index >= 15 is 0 Å². The molecule has 1 unspecified atom stereocenters. The molecule has 0 radical (unpaired) electrons. The fraction of sp³-hybridized carbons (Fsp3) is 1.00. The Morgan fingerprint density at radius 3 is 2.25 bits per heavy atom. The van der Waals surface area contributed by atoms with E-state index in [-0.39, 0.29) is 5.41 Å². The minimum atomic E-state index is 0.287. The van der Waals surface area contributed by atoms with Crippen LogP contribution in [0.4, 0.5) is 0 Å². The molecule has 0 bridgehead atoms. The number of hydrogen-bond donors (Lipinski definition) is 1. The van der Waals surface area contributed by atoms with Gasteiger partial charge in [0.1, 0.15) is 0 Å². The first-order chi connectivity index (χ1) is 9.29. The van der Waals surface area contributed by atoms with Gasteiger partial charge in [0, 0.05) is 19.1 Å². The first kappa shape index (κ1) is 16.3. The van der Waals surface area contributed by atoms with Crippen molar-refractivity contribution in [1.82, 2.24) is 10.2 Å². The van der Waals surface area contributed by atoms with Crippen LogP contribution in [0.3, 0.4) is 0 Å². The summed E-state index contributed by atoms with van der Waals surface area (Å²) in [7, 11) is 0. The van der Waals surface area contributed by atoms with Gasteiger partial charge in [-0.05, 0) is 42.7 Å². The monoisotopic (exact) mass is 282 g/mol. The van der Waals surface area contributed by atoms with Crippen LogP contribution < -0.4 is 5.32 Å². The van der Waals surface area contributed by atoms with E-state index < -0.39 is 0 Å². The Bertz CT molecular complexity index is 295. The zero-order valence-corrected chi connectivity index (χ0v) is 14.2. The first-order valence-electron chi connectivity index (χ1n) is 8.32. The molecule has 20 heavy (non-hydrogen) atoms. The molecule has 0 aromatic heterocycles. The van der Waals surface area contributed by atoms with Gasteiger partial charge in [0.25, 0.3) is 0 Å². The average Bonchev–Trinajstić information content (AvgIpc) is 2.39. The molecule has 0 saturated carbocycles. The maximum absolute atomic E-state index is 5.64. The van der Waals surface area contributed by atoms with Gasteiger partial charge in [-0.3, -0.25) is 0 Å². The van der Waals surface area contributed by atoms with E-state index in [0.717, 1.165) is 25.7 Å². The maximum atomic E-state index is 5.64. The second-order valence-corrected chi connectivity index (χ2v) is 8.49.